The van der Waals surface area contributed by atoms with Crippen LogP contribution in [0.3, 0.4) is 0 Å². The first-order valence-corrected chi connectivity index (χ1v) is 3.98. The van der Waals surface area contributed by atoms with Gasteiger partial charge in [-0.3, -0.25) is 4.79 Å². The summed E-state index contributed by atoms with van der Waals surface area (Å²) < 4.78 is 0. The molecule has 0 amide bonds. The molecule has 0 aromatic carbocycles. The fourth-order valence-electron chi connectivity index (χ4n) is 1.58. The van der Waals surface area contributed by atoms with Crippen molar-refractivity contribution in [3.8, 4) is 0 Å². The van der Waals surface area contributed by atoms with Gasteiger partial charge in [-0.2, -0.15) is 0 Å². The van der Waals surface area contributed by atoms with Crippen LogP contribution in [-0.2, 0) is 4.79 Å². The molecule has 1 nitrogen and oxygen atoms in total. The van der Waals surface area contributed by atoms with Crippen molar-refractivity contribution in [3.63, 3.8) is 0 Å². The molecule has 0 spiro atoms. The van der Waals surface area contributed by atoms with Crippen molar-refractivity contribution in [2.24, 2.45) is 5.92 Å². The van der Waals surface area contributed by atoms with Gasteiger partial charge < -0.3 is 0 Å². The first-order chi connectivity index (χ1) is 4.83. The molecule has 1 heteroatoms. The van der Waals surface area contributed by atoms with Crippen molar-refractivity contribution in [1.29, 1.82) is 0 Å². The van der Waals surface area contributed by atoms with Crippen molar-refractivity contribution in [2.45, 2.75) is 32.1 Å². The highest BCUT2D eigenvalue weighted by atomic mass is 16.1. The molecule has 0 heterocycles. The fourth-order valence-corrected chi connectivity index (χ4v) is 1.58. The van der Waals surface area contributed by atoms with Crippen LogP contribution in [0.1, 0.15) is 32.1 Å². The van der Waals surface area contributed by atoms with Gasteiger partial charge in [-0.15, -0.1) is 0 Å². The summed E-state index contributed by atoms with van der Waals surface area (Å²) in [5.41, 5.74) is 0. The van der Waals surface area contributed by atoms with Crippen LogP contribution >= 0.6 is 0 Å². The SMILES string of the molecule is C=CC(=O)CC1CCCC1. The molecule has 0 N–H and O–H groups in total. The lowest BCUT2D eigenvalue weighted by Gasteiger charge is -2.03. The number of hydrogen-bond donors (Lipinski definition) is 0. The van der Waals surface area contributed by atoms with Gasteiger partial charge in [0.1, 0.15) is 0 Å². The topological polar surface area (TPSA) is 17.1 Å². The van der Waals surface area contributed by atoms with Crippen LogP contribution in [0, 0.1) is 5.92 Å². The van der Waals surface area contributed by atoms with E-state index in [1.807, 2.05) is 0 Å². The van der Waals surface area contributed by atoms with E-state index in [1.54, 1.807) is 0 Å². The van der Waals surface area contributed by atoms with Gasteiger partial charge in [0.15, 0.2) is 5.78 Å². The lowest BCUT2D eigenvalue weighted by molar-refractivity contribution is -0.115. The van der Waals surface area contributed by atoms with Crippen molar-refractivity contribution in [2.75, 3.05) is 0 Å². The third kappa shape index (κ3) is 1.98. The molecule has 56 valence electrons. The molecule has 0 bridgehead atoms. The smallest absolute Gasteiger partial charge is 0.155 e. The van der Waals surface area contributed by atoms with E-state index >= 15 is 0 Å². The molecular formula is C9H14O. The fraction of sp³-hybridized carbons (Fsp3) is 0.667. The Morgan fingerprint density at radius 3 is 2.60 bits per heavy atom. The Kier molecular flexibility index (Phi) is 2.67. The number of hydrogen-bond acceptors (Lipinski definition) is 1. The van der Waals surface area contributed by atoms with Gasteiger partial charge in [0.2, 0.25) is 0 Å². The van der Waals surface area contributed by atoms with Crippen LogP contribution in [0.15, 0.2) is 12.7 Å². The van der Waals surface area contributed by atoms with Gasteiger partial charge in [0.25, 0.3) is 0 Å². The first-order valence-electron chi connectivity index (χ1n) is 3.98. The van der Waals surface area contributed by atoms with Gasteiger partial charge in [-0.05, 0) is 12.0 Å². The summed E-state index contributed by atoms with van der Waals surface area (Å²) in [5.74, 6) is 0.886. The zero-order valence-corrected chi connectivity index (χ0v) is 6.31. The summed E-state index contributed by atoms with van der Waals surface area (Å²) in [6.07, 6.45) is 7.31. The summed E-state index contributed by atoms with van der Waals surface area (Å²) in [5, 5.41) is 0. The summed E-state index contributed by atoms with van der Waals surface area (Å²) in [6.45, 7) is 3.45. The predicted octanol–water partition coefficient (Wildman–Crippen LogP) is 2.32. The quantitative estimate of drug-likeness (QED) is 0.547. The lowest BCUT2D eigenvalue weighted by atomic mass is 10.0. The van der Waals surface area contributed by atoms with Gasteiger partial charge in [0, 0.05) is 6.42 Å². The average Bonchev–Trinajstić information content (AvgIpc) is 2.40. The van der Waals surface area contributed by atoms with E-state index in [-0.39, 0.29) is 5.78 Å². The third-order valence-electron chi connectivity index (χ3n) is 2.19. The van der Waals surface area contributed by atoms with Crippen molar-refractivity contribution >= 4 is 5.78 Å². The Bertz CT molecular complexity index is 132. The number of rotatable bonds is 3. The zero-order valence-electron chi connectivity index (χ0n) is 6.31. The number of allylic oxidation sites excluding steroid dienone is 1. The molecule has 0 atom stereocenters. The van der Waals surface area contributed by atoms with E-state index in [1.165, 1.54) is 31.8 Å². The van der Waals surface area contributed by atoms with Crippen LogP contribution in [0.25, 0.3) is 0 Å². The highest BCUT2D eigenvalue weighted by Gasteiger charge is 2.16. The molecule has 1 rings (SSSR count). The minimum absolute atomic E-state index is 0.215. The molecule has 0 unspecified atom stereocenters. The Labute approximate surface area is 62.1 Å². The van der Waals surface area contributed by atoms with E-state index < -0.39 is 0 Å². The number of ketones is 1. The molecule has 0 aliphatic heterocycles. The molecule has 0 saturated heterocycles. The zero-order chi connectivity index (χ0) is 7.40. The summed E-state index contributed by atoms with van der Waals surface area (Å²) in [7, 11) is 0. The van der Waals surface area contributed by atoms with Gasteiger partial charge in [-0.25, -0.2) is 0 Å². The van der Waals surface area contributed by atoms with Crippen LogP contribution in [0.2, 0.25) is 0 Å². The van der Waals surface area contributed by atoms with E-state index in [0.717, 1.165) is 6.42 Å². The second kappa shape index (κ2) is 3.55. The average molecular weight is 138 g/mol. The third-order valence-corrected chi connectivity index (χ3v) is 2.19. The maximum Gasteiger partial charge on any atom is 0.155 e. The minimum Gasteiger partial charge on any atom is -0.295 e. The number of carbonyl (C=O) groups excluding carboxylic acids is 1. The monoisotopic (exact) mass is 138 g/mol. The molecule has 0 aromatic rings. The standard InChI is InChI=1S/C9H14O/c1-2-9(10)7-8-5-3-4-6-8/h2,8H,1,3-7H2. The van der Waals surface area contributed by atoms with Crippen LogP contribution in [0.4, 0.5) is 0 Å². The van der Waals surface area contributed by atoms with Gasteiger partial charge >= 0.3 is 0 Å². The van der Waals surface area contributed by atoms with Gasteiger partial charge in [0.05, 0.1) is 0 Å². The minimum atomic E-state index is 0.215. The first kappa shape index (κ1) is 7.52. The second-order valence-electron chi connectivity index (χ2n) is 3.03. The molecule has 1 fully saturated rings. The Morgan fingerprint density at radius 2 is 2.10 bits per heavy atom. The van der Waals surface area contributed by atoms with Crippen molar-refractivity contribution in [3.05, 3.63) is 12.7 Å². The van der Waals surface area contributed by atoms with Crippen molar-refractivity contribution in [1.82, 2.24) is 0 Å². The molecular weight excluding hydrogens is 124 g/mol. The Hall–Kier alpha value is -0.590. The maximum atomic E-state index is 10.8. The highest BCUT2D eigenvalue weighted by Crippen LogP contribution is 2.27. The summed E-state index contributed by atoms with van der Waals surface area (Å²) >= 11 is 0. The summed E-state index contributed by atoms with van der Waals surface area (Å²) in [6, 6.07) is 0. The number of carbonyl (C=O) groups is 1. The van der Waals surface area contributed by atoms with E-state index in [9.17, 15) is 4.79 Å². The maximum absolute atomic E-state index is 10.8. The predicted molar refractivity (Wildman–Crippen MR) is 41.8 cm³/mol. The van der Waals surface area contributed by atoms with Crippen LogP contribution < -0.4 is 0 Å². The molecule has 1 aliphatic carbocycles. The van der Waals surface area contributed by atoms with Crippen molar-refractivity contribution < 1.29 is 4.79 Å². The molecule has 0 aromatic heterocycles. The molecule has 0 radical (unpaired) electrons. The van der Waals surface area contributed by atoms with Crippen LogP contribution in [-0.4, -0.2) is 5.78 Å². The molecule has 10 heavy (non-hydrogen) atoms. The Balaban J connectivity index is 2.23. The van der Waals surface area contributed by atoms with Crippen LogP contribution in [0.5, 0.6) is 0 Å². The highest BCUT2D eigenvalue weighted by molar-refractivity contribution is 5.89. The van der Waals surface area contributed by atoms with E-state index in [2.05, 4.69) is 6.58 Å². The van der Waals surface area contributed by atoms with Gasteiger partial charge in [-0.1, -0.05) is 32.3 Å². The molecule has 1 aliphatic rings. The summed E-state index contributed by atoms with van der Waals surface area (Å²) in [4.78, 5) is 10.8. The van der Waals surface area contributed by atoms with E-state index in [4.69, 9.17) is 0 Å². The Morgan fingerprint density at radius 1 is 1.50 bits per heavy atom. The largest absolute Gasteiger partial charge is 0.295 e. The second-order valence-corrected chi connectivity index (χ2v) is 3.03. The van der Waals surface area contributed by atoms with E-state index in [0.29, 0.717) is 5.92 Å². The normalized spacial score (nSPS) is 19.2. The molecule has 1 saturated carbocycles. The lowest BCUT2D eigenvalue weighted by Crippen LogP contribution is -2.01.